The van der Waals surface area contributed by atoms with E-state index in [1.165, 1.54) is 5.92 Å². The molecule has 0 aromatic heterocycles. The van der Waals surface area contributed by atoms with Gasteiger partial charge in [-0.05, 0) is 48.5 Å². The van der Waals surface area contributed by atoms with Crippen LogP contribution < -0.4 is 4.90 Å². The molecular formula is C28H16F5N. The summed E-state index contributed by atoms with van der Waals surface area (Å²) in [5.74, 6) is -6.23. The second-order valence-electron chi connectivity index (χ2n) is 6.79. The maximum absolute atomic E-state index is 12.5. The van der Waals surface area contributed by atoms with E-state index in [0.29, 0.717) is 0 Å². The topological polar surface area (TPSA) is 3.24 Å². The van der Waals surface area contributed by atoms with Gasteiger partial charge in [0.15, 0.2) is 23.3 Å². The highest BCUT2D eigenvalue weighted by Gasteiger charge is 2.24. The summed E-state index contributed by atoms with van der Waals surface area (Å²) in [5, 5.41) is 0. The van der Waals surface area contributed by atoms with Crippen LogP contribution in [0.1, 0.15) is 11.1 Å². The second-order valence-corrected chi connectivity index (χ2v) is 6.79. The third-order valence-corrected chi connectivity index (χ3v) is 4.68. The van der Waals surface area contributed by atoms with Crippen LogP contribution in [0.2, 0.25) is 0 Å². The van der Waals surface area contributed by atoms with Gasteiger partial charge in [0.2, 0.25) is 5.82 Å². The number of hydrogen-bond donors (Lipinski definition) is 0. The summed E-state index contributed by atoms with van der Waals surface area (Å²) < 4.78 is 62.1. The minimum atomic E-state index is -2.21. The molecule has 0 atom stereocenters. The lowest BCUT2D eigenvalue weighted by molar-refractivity contribution is 0.376. The molecule has 0 fully saturated rings. The van der Waals surface area contributed by atoms with Crippen LogP contribution in [0.4, 0.5) is 39.0 Å². The van der Waals surface area contributed by atoms with Crippen LogP contribution >= 0.6 is 0 Å². The van der Waals surface area contributed by atoms with Crippen LogP contribution in [0.5, 0.6) is 0 Å². The van der Waals surface area contributed by atoms with Crippen molar-refractivity contribution in [3.05, 3.63) is 125 Å². The summed E-state index contributed by atoms with van der Waals surface area (Å²) >= 11 is 0. The van der Waals surface area contributed by atoms with Crippen LogP contribution in [-0.4, -0.2) is 0 Å². The molecule has 0 radical (unpaired) electrons. The van der Waals surface area contributed by atoms with Crippen molar-refractivity contribution in [2.75, 3.05) is 4.90 Å². The van der Waals surface area contributed by atoms with Gasteiger partial charge in [-0.1, -0.05) is 48.2 Å². The van der Waals surface area contributed by atoms with Gasteiger partial charge in [0.1, 0.15) is 5.56 Å². The molecule has 0 aliphatic heterocycles. The predicted octanol–water partition coefficient (Wildman–Crippen LogP) is 7.50. The molecule has 4 aromatic carbocycles. The Labute approximate surface area is 194 Å². The lowest BCUT2D eigenvalue weighted by Gasteiger charge is -2.25. The van der Waals surface area contributed by atoms with Crippen molar-refractivity contribution in [1.29, 1.82) is 0 Å². The zero-order valence-electron chi connectivity index (χ0n) is 17.6. The van der Waals surface area contributed by atoms with Crippen molar-refractivity contribution in [3.8, 4) is 24.7 Å². The molecule has 6 heteroatoms. The third-order valence-electron chi connectivity index (χ3n) is 4.68. The Kier molecular flexibility index (Phi) is 7.69. The molecule has 4 rings (SSSR count). The Morgan fingerprint density at radius 1 is 0.471 bits per heavy atom. The summed E-state index contributed by atoms with van der Waals surface area (Å²) in [5.41, 5.74) is 2.97. The molecule has 0 amide bonds. The summed E-state index contributed by atoms with van der Waals surface area (Å²) in [7, 11) is 0. The summed E-state index contributed by atoms with van der Waals surface area (Å²) in [6.07, 6.45) is 9.99. The maximum atomic E-state index is 12.5. The first-order valence-corrected chi connectivity index (χ1v) is 9.84. The fourth-order valence-electron chi connectivity index (χ4n) is 3.04. The van der Waals surface area contributed by atoms with E-state index in [-0.39, 0.29) is 0 Å². The summed E-state index contributed by atoms with van der Waals surface area (Å²) in [6, 6.07) is 28.6. The second kappa shape index (κ2) is 10.8. The first-order chi connectivity index (χ1) is 16.4. The fraction of sp³-hybridized carbons (Fsp3) is 0. The molecule has 0 N–H and O–H groups in total. The Balaban J connectivity index is 0.000000215. The number of para-hydroxylation sites is 2. The quantitative estimate of drug-likeness (QED) is 0.132. The third kappa shape index (κ3) is 5.09. The van der Waals surface area contributed by atoms with Crippen molar-refractivity contribution in [3.63, 3.8) is 0 Å². The van der Waals surface area contributed by atoms with Gasteiger partial charge in [0, 0.05) is 22.6 Å². The lowest BCUT2D eigenvalue weighted by atomic mass is 10.1. The predicted molar refractivity (Wildman–Crippen MR) is 123 cm³/mol. The van der Waals surface area contributed by atoms with Crippen molar-refractivity contribution in [2.24, 2.45) is 0 Å². The highest BCUT2D eigenvalue weighted by molar-refractivity contribution is 5.76. The molecule has 1 nitrogen and oxygen atoms in total. The van der Waals surface area contributed by atoms with Gasteiger partial charge in [-0.25, -0.2) is 22.0 Å². The molecule has 168 valence electrons. The molecule has 0 unspecified atom stereocenters. The molecule has 0 bridgehead atoms. The maximum Gasteiger partial charge on any atom is 0.200 e. The molecule has 34 heavy (non-hydrogen) atoms. The van der Waals surface area contributed by atoms with Gasteiger partial charge in [-0.2, -0.15) is 0 Å². The van der Waals surface area contributed by atoms with E-state index < -0.39 is 34.6 Å². The average molecular weight is 461 g/mol. The van der Waals surface area contributed by atoms with Crippen LogP contribution in [0.15, 0.2) is 84.9 Å². The largest absolute Gasteiger partial charge is 0.311 e. The number of rotatable bonds is 3. The van der Waals surface area contributed by atoms with Crippen molar-refractivity contribution >= 4 is 17.1 Å². The monoisotopic (exact) mass is 461 g/mol. The molecule has 0 heterocycles. The number of halogens is 5. The van der Waals surface area contributed by atoms with E-state index >= 15 is 0 Å². The number of benzene rings is 4. The van der Waals surface area contributed by atoms with Gasteiger partial charge in [-0.3, -0.25) is 0 Å². The number of anilines is 3. The SMILES string of the molecule is C#Cc1c(F)c(F)c(F)c(F)c1F.C#Cc1ccc(N(c2ccccc2)c2ccccc2)cc1. The molecule has 4 aromatic rings. The van der Waals surface area contributed by atoms with Crippen molar-refractivity contribution < 1.29 is 22.0 Å². The zero-order valence-corrected chi connectivity index (χ0v) is 17.6. The Hall–Kier alpha value is -4.55. The highest BCUT2D eigenvalue weighted by Crippen LogP contribution is 2.33. The summed E-state index contributed by atoms with van der Waals surface area (Å²) in [4.78, 5) is 2.21. The van der Waals surface area contributed by atoms with Crippen LogP contribution in [-0.2, 0) is 0 Å². The minimum Gasteiger partial charge on any atom is -0.311 e. The zero-order chi connectivity index (χ0) is 24.7. The van der Waals surface area contributed by atoms with Crippen LogP contribution in [0.3, 0.4) is 0 Å². The molecule has 0 spiro atoms. The van der Waals surface area contributed by atoms with Gasteiger partial charge in [-0.15, -0.1) is 12.8 Å². The van der Waals surface area contributed by atoms with Crippen LogP contribution in [0, 0.1) is 53.8 Å². The molecule has 0 saturated heterocycles. The van der Waals surface area contributed by atoms with E-state index in [9.17, 15) is 22.0 Å². The van der Waals surface area contributed by atoms with E-state index in [1.54, 1.807) is 0 Å². The normalized spacial score (nSPS) is 9.85. The smallest absolute Gasteiger partial charge is 0.200 e. The minimum absolute atomic E-state index is 0.889. The molecule has 0 saturated carbocycles. The van der Waals surface area contributed by atoms with Crippen molar-refractivity contribution in [2.45, 2.75) is 0 Å². The lowest BCUT2D eigenvalue weighted by Crippen LogP contribution is -2.09. The molecular weight excluding hydrogens is 445 g/mol. The highest BCUT2D eigenvalue weighted by atomic mass is 19.2. The van der Waals surface area contributed by atoms with E-state index in [2.05, 4.69) is 53.6 Å². The number of hydrogen-bond acceptors (Lipinski definition) is 1. The molecule has 0 aliphatic carbocycles. The number of nitrogens with zero attached hydrogens (tertiary/aromatic N) is 1. The standard InChI is InChI=1S/C20H15N.C8HF5/c1-2-17-13-15-20(16-14-17)21(18-9-5-3-6-10-18)19-11-7-4-8-12-19;1-2-3-4(9)6(11)8(13)7(12)5(3)10/h1,3-16H;1H. The Bertz CT molecular complexity index is 1280. The summed E-state index contributed by atoms with van der Waals surface area (Å²) in [6.45, 7) is 0. The first-order valence-electron chi connectivity index (χ1n) is 9.84. The Morgan fingerprint density at radius 3 is 1.24 bits per heavy atom. The average Bonchev–Trinajstić information content (AvgIpc) is 2.89. The van der Waals surface area contributed by atoms with Crippen LogP contribution in [0.25, 0.3) is 0 Å². The molecule has 0 aliphatic rings. The van der Waals surface area contributed by atoms with E-state index in [1.807, 2.05) is 48.5 Å². The van der Waals surface area contributed by atoms with Gasteiger partial charge in [0.25, 0.3) is 0 Å². The first kappa shape index (κ1) is 24.1. The fourth-order valence-corrected chi connectivity index (χ4v) is 3.04. The van der Waals surface area contributed by atoms with Gasteiger partial charge >= 0.3 is 0 Å². The number of terminal acetylenes is 2. The van der Waals surface area contributed by atoms with E-state index in [4.69, 9.17) is 6.42 Å². The van der Waals surface area contributed by atoms with Gasteiger partial charge in [0.05, 0.1) is 0 Å². The van der Waals surface area contributed by atoms with Gasteiger partial charge < -0.3 is 4.90 Å². The van der Waals surface area contributed by atoms with Crippen molar-refractivity contribution in [1.82, 2.24) is 0 Å². The Morgan fingerprint density at radius 2 is 0.853 bits per heavy atom. The van der Waals surface area contributed by atoms with E-state index in [0.717, 1.165) is 22.6 Å².